The predicted octanol–water partition coefficient (Wildman–Crippen LogP) is 3.88. The Bertz CT molecular complexity index is 488. The Kier molecular flexibility index (Phi) is 5.95. The second-order valence-corrected chi connectivity index (χ2v) is 4.90. The van der Waals surface area contributed by atoms with Gasteiger partial charge in [-0.25, -0.2) is 4.79 Å². The van der Waals surface area contributed by atoms with E-state index in [1.54, 1.807) is 6.07 Å². The van der Waals surface area contributed by atoms with E-state index >= 15 is 0 Å². The van der Waals surface area contributed by atoms with Crippen LogP contribution in [0.4, 0.5) is 5.69 Å². The monoisotopic (exact) mass is 329 g/mol. The summed E-state index contributed by atoms with van der Waals surface area (Å²) in [6.45, 7) is 4.17. The molecule has 0 unspecified atom stereocenters. The van der Waals surface area contributed by atoms with E-state index in [0.717, 1.165) is 12.0 Å². The number of nitrogens with zero attached hydrogens (tertiary/aromatic N) is 1. The number of esters is 1. The number of nitro benzene ring substituents is 1. The van der Waals surface area contributed by atoms with Crippen molar-refractivity contribution in [3.63, 3.8) is 0 Å². The predicted molar refractivity (Wildman–Crippen MR) is 75.4 cm³/mol. The largest absolute Gasteiger partial charge is 0.462 e. The summed E-state index contributed by atoms with van der Waals surface area (Å²) in [5.41, 5.74) is 0.876. The molecule has 0 bridgehead atoms. The van der Waals surface area contributed by atoms with Crippen molar-refractivity contribution in [3.05, 3.63) is 37.8 Å². The van der Waals surface area contributed by atoms with Crippen molar-refractivity contribution in [2.45, 2.75) is 33.1 Å². The quantitative estimate of drug-likeness (QED) is 0.451. The van der Waals surface area contributed by atoms with Gasteiger partial charge in [-0.3, -0.25) is 10.1 Å². The molecule has 0 aliphatic rings. The molecule has 0 radical (unpaired) electrons. The van der Waals surface area contributed by atoms with Gasteiger partial charge >= 0.3 is 5.97 Å². The molecule has 0 N–H and O–H groups in total. The van der Waals surface area contributed by atoms with Gasteiger partial charge in [0.25, 0.3) is 5.69 Å². The summed E-state index contributed by atoms with van der Waals surface area (Å²) in [6.07, 6.45) is 2.21. The van der Waals surface area contributed by atoms with E-state index in [-0.39, 0.29) is 11.3 Å². The molecule has 0 fully saturated rings. The van der Waals surface area contributed by atoms with Crippen molar-refractivity contribution >= 4 is 27.6 Å². The van der Waals surface area contributed by atoms with Crippen LogP contribution in [0.2, 0.25) is 0 Å². The Morgan fingerprint density at radius 1 is 1.37 bits per heavy atom. The first-order valence-corrected chi connectivity index (χ1v) is 6.94. The molecule has 0 aliphatic heterocycles. The van der Waals surface area contributed by atoms with Gasteiger partial charge in [-0.1, -0.05) is 20.3 Å². The highest BCUT2D eigenvalue weighted by Crippen LogP contribution is 2.31. The van der Waals surface area contributed by atoms with Crippen LogP contribution >= 0.6 is 15.9 Å². The zero-order valence-electron chi connectivity index (χ0n) is 10.9. The Labute approximate surface area is 120 Å². The van der Waals surface area contributed by atoms with E-state index in [0.29, 0.717) is 23.9 Å². The highest BCUT2D eigenvalue weighted by atomic mass is 79.9. The third-order valence-electron chi connectivity index (χ3n) is 2.52. The van der Waals surface area contributed by atoms with Gasteiger partial charge in [0.05, 0.1) is 21.6 Å². The summed E-state index contributed by atoms with van der Waals surface area (Å²) in [7, 11) is 0. The molecule has 6 heteroatoms. The SMILES string of the molecule is CCCOC(=O)c1cc(CCC)c(Br)c([N+](=O)[O-])c1. The smallest absolute Gasteiger partial charge is 0.338 e. The molecular weight excluding hydrogens is 314 g/mol. The molecule has 0 amide bonds. The third-order valence-corrected chi connectivity index (χ3v) is 3.43. The zero-order valence-corrected chi connectivity index (χ0v) is 12.5. The fourth-order valence-corrected chi connectivity index (χ4v) is 2.22. The third kappa shape index (κ3) is 4.02. The first-order chi connectivity index (χ1) is 9.01. The van der Waals surface area contributed by atoms with E-state index in [1.807, 2.05) is 13.8 Å². The molecule has 0 aliphatic carbocycles. The topological polar surface area (TPSA) is 69.4 Å². The van der Waals surface area contributed by atoms with Crippen LogP contribution in [0.25, 0.3) is 0 Å². The van der Waals surface area contributed by atoms with Gasteiger partial charge in [0.1, 0.15) is 0 Å². The van der Waals surface area contributed by atoms with Crippen LogP contribution in [0.1, 0.15) is 42.6 Å². The molecule has 0 spiro atoms. The maximum Gasteiger partial charge on any atom is 0.338 e. The minimum atomic E-state index is -0.519. The Morgan fingerprint density at radius 3 is 2.58 bits per heavy atom. The molecule has 0 heterocycles. The summed E-state index contributed by atoms with van der Waals surface area (Å²) in [4.78, 5) is 22.3. The molecule has 0 atom stereocenters. The lowest BCUT2D eigenvalue weighted by Gasteiger charge is -2.08. The summed E-state index contributed by atoms with van der Waals surface area (Å²) >= 11 is 3.23. The Balaban J connectivity index is 3.18. The van der Waals surface area contributed by atoms with Crippen molar-refractivity contribution in [3.8, 4) is 0 Å². The number of hydrogen-bond donors (Lipinski definition) is 0. The molecule has 1 rings (SSSR count). The van der Waals surface area contributed by atoms with E-state index in [9.17, 15) is 14.9 Å². The minimum Gasteiger partial charge on any atom is -0.462 e. The lowest BCUT2D eigenvalue weighted by molar-refractivity contribution is -0.385. The van der Waals surface area contributed by atoms with Crippen LogP contribution in [-0.2, 0) is 11.2 Å². The van der Waals surface area contributed by atoms with E-state index in [1.165, 1.54) is 6.07 Å². The molecule has 19 heavy (non-hydrogen) atoms. The molecule has 1 aromatic rings. The van der Waals surface area contributed by atoms with E-state index in [4.69, 9.17) is 4.74 Å². The van der Waals surface area contributed by atoms with Crippen molar-refractivity contribution in [1.82, 2.24) is 0 Å². The van der Waals surface area contributed by atoms with Gasteiger partial charge < -0.3 is 4.74 Å². The number of aryl methyl sites for hydroxylation is 1. The normalized spacial score (nSPS) is 10.3. The van der Waals surface area contributed by atoms with Crippen LogP contribution in [0, 0.1) is 10.1 Å². The maximum atomic E-state index is 11.8. The van der Waals surface area contributed by atoms with Gasteiger partial charge in [-0.05, 0) is 40.4 Å². The number of hydrogen-bond acceptors (Lipinski definition) is 4. The van der Waals surface area contributed by atoms with Gasteiger partial charge in [-0.15, -0.1) is 0 Å². The first kappa shape index (κ1) is 15.6. The average Bonchev–Trinajstić information content (AvgIpc) is 2.38. The molecule has 0 saturated carbocycles. The molecule has 104 valence electrons. The fraction of sp³-hybridized carbons (Fsp3) is 0.462. The number of nitro groups is 1. The lowest BCUT2D eigenvalue weighted by atomic mass is 10.1. The maximum absolute atomic E-state index is 11.8. The summed E-state index contributed by atoms with van der Waals surface area (Å²) in [5, 5.41) is 11.0. The number of carbonyl (C=O) groups excluding carboxylic acids is 1. The highest BCUT2D eigenvalue weighted by Gasteiger charge is 2.20. The number of halogens is 1. The fourth-order valence-electron chi connectivity index (χ4n) is 1.65. The number of carbonyl (C=O) groups is 1. The zero-order chi connectivity index (χ0) is 14.4. The molecule has 1 aromatic carbocycles. The van der Waals surface area contributed by atoms with Crippen molar-refractivity contribution in [2.24, 2.45) is 0 Å². The Morgan fingerprint density at radius 2 is 2.05 bits per heavy atom. The standard InChI is InChI=1S/C13H16BrNO4/c1-3-5-9-7-10(13(16)19-6-4-2)8-11(12(9)14)15(17)18/h7-8H,3-6H2,1-2H3. The summed E-state index contributed by atoms with van der Waals surface area (Å²) < 4.78 is 5.44. The van der Waals surface area contributed by atoms with Crippen LogP contribution in [-0.4, -0.2) is 17.5 Å². The van der Waals surface area contributed by atoms with Crippen LogP contribution in [0.15, 0.2) is 16.6 Å². The first-order valence-electron chi connectivity index (χ1n) is 6.15. The van der Waals surface area contributed by atoms with Crippen LogP contribution < -0.4 is 0 Å². The number of benzene rings is 1. The van der Waals surface area contributed by atoms with Crippen molar-refractivity contribution in [1.29, 1.82) is 0 Å². The lowest BCUT2D eigenvalue weighted by Crippen LogP contribution is -2.08. The van der Waals surface area contributed by atoms with Gasteiger partial charge in [0.15, 0.2) is 0 Å². The van der Waals surface area contributed by atoms with Crippen LogP contribution in [0.5, 0.6) is 0 Å². The molecular formula is C13H16BrNO4. The number of rotatable bonds is 6. The van der Waals surface area contributed by atoms with E-state index in [2.05, 4.69) is 15.9 Å². The van der Waals surface area contributed by atoms with E-state index < -0.39 is 10.9 Å². The highest BCUT2D eigenvalue weighted by molar-refractivity contribution is 9.10. The summed E-state index contributed by atoms with van der Waals surface area (Å²) in [6, 6.07) is 2.90. The number of ether oxygens (including phenoxy) is 1. The molecule has 0 aromatic heterocycles. The summed E-state index contributed by atoms with van der Waals surface area (Å²) in [5.74, 6) is -0.519. The van der Waals surface area contributed by atoms with Crippen LogP contribution in [0.3, 0.4) is 0 Å². The van der Waals surface area contributed by atoms with Gasteiger partial charge in [-0.2, -0.15) is 0 Å². The average molecular weight is 330 g/mol. The minimum absolute atomic E-state index is 0.102. The van der Waals surface area contributed by atoms with Gasteiger partial charge in [0, 0.05) is 6.07 Å². The van der Waals surface area contributed by atoms with Crippen molar-refractivity contribution in [2.75, 3.05) is 6.61 Å². The second kappa shape index (κ2) is 7.23. The molecule has 0 saturated heterocycles. The second-order valence-electron chi connectivity index (χ2n) is 4.11. The Hall–Kier alpha value is -1.43. The van der Waals surface area contributed by atoms with Gasteiger partial charge in [0.2, 0.25) is 0 Å². The van der Waals surface area contributed by atoms with Crippen molar-refractivity contribution < 1.29 is 14.5 Å². The molecule has 5 nitrogen and oxygen atoms in total.